The largest absolute Gasteiger partial charge is 0.493 e. The molecular weight excluding hydrogens is 449 g/mol. The van der Waals surface area contributed by atoms with E-state index in [0.717, 1.165) is 35.7 Å². The van der Waals surface area contributed by atoms with Crippen LogP contribution < -0.4 is 9.47 Å². The van der Waals surface area contributed by atoms with Crippen LogP contribution in [0.15, 0.2) is 52.9 Å². The zero-order chi connectivity index (χ0) is 24.8. The van der Waals surface area contributed by atoms with Crippen LogP contribution in [0, 0.1) is 12.7 Å². The first-order valence-electron chi connectivity index (χ1n) is 12.2. The highest BCUT2D eigenvalue weighted by Crippen LogP contribution is 2.33. The number of hydrogen-bond donors (Lipinski definition) is 1. The van der Waals surface area contributed by atoms with Crippen LogP contribution in [0.3, 0.4) is 0 Å². The number of halogens is 1. The number of aromatic nitrogens is 1. The summed E-state index contributed by atoms with van der Waals surface area (Å²) >= 11 is 0. The predicted molar refractivity (Wildman–Crippen MR) is 129 cm³/mol. The van der Waals surface area contributed by atoms with Gasteiger partial charge in [-0.1, -0.05) is 37.5 Å². The normalized spacial score (nSPS) is 16.0. The van der Waals surface area contributed by atoms with Crippen molar-refractivity contribution in [3.63, 3.8) is 0 Å². The van der Waals surface area contributed by atoms with Crippen LogP contribution in [0.4, 0.5) is 4.39 Å². The lowest BCUT2D eigenvalue weighted by molar-refractivity contribution is -0.153. The van der Waals surface area contributed by atoms with Gasteiger partial charge in [0.15, 0.2) is 5.89 Å². The fourth-order valence-electron chi connectivity index (χ4n) is 4.51. The van der Waals surface area contributed by atoms with Crippen LogP contribution in [0.1, 0.15) is 67.9 Å². The Morgan fingerprint density at radius 3 is 2.57 bits per heavy atom. The molecule has 1 saturated carbocycles. The number of aliphatic carboxylic acids is 1. The van der Waals surface area contributed by atoms with E-state index in [1.165, 1.54) is 50.5 Å². The van der Waals surface area contributed by atoms with Gasteiger partial charge in [-0.2, -0.15) is 0 Å². The number of aryl methyl sites for hydroxylation is 1. The number of ether oxygens (including phenoxy) is 2. The second-order valence-electron chi connectivity index (χ2n) is 9.40. The topological polar surface area (TPSA) is 81.8 Å². The van der Waals surface area contributed by atoms with Crippen LogP contribution in [0.5, 0.6) is 11.5 Å². The zero-order valence-corrected chi connectivity index (χ0v) is 20.3. The fraction of sp³-hybridized carbons (Fsp3) is 0.429. The number of carbonyl (C=O) groups is 1. The Labute approximate surface area is 205 Å². The van der Waals surface area contributed by atoms with Crippen molar-refractivity contribution in [1.82, 2.24) is 4.98 Å². The SMILES string of the molecule is Cc1oc(C2CCCCC2)nc1CCOc1ccc(CC(C)(Oc2cccc(F)c2)C(=O)O)cc1. The molecule has 0 spiro atoms. The Kier molecular flexibility index (Phi) is 7.73. The Morgan fingerprint density at radius 1 is 1.14 bits per heavy atom. The minimum atomic E-state index is -1.54. The third-order valence-corrected chi connectivity index (χ3v) is 6.53. The van der Waals surface area contributed by atoms with Crippen LogP contribution in [0.2, 0.25) is 0 Å². The minimum Gasteiger partial charge on any atom is -0.493 e. The molecule has 1 aromatic heterocycles. The van der Waals surface area contributed by atoms with Crippen molar-refractivity contribution in [3.05, 3.63) is 77.3 Å². The number of oxazole rings is 1. The third-order valence-electron chi connectivity index (χ3n) is 6.53. The van der Waals surface area contributed by atoms with Gasteiger partial charge in [0.1, 0.15) is 23.1 Å². The number of rotatable bonds is 10. The maximum atomic E-state index is 13.5. The second kappa shape index (κ2) is 10.9. The lowest BCUT2D eigenvalue weighted by atomic mass is 9.89. The summed E-state index contributed by atoms with van der Waals surface area (Å²) in [6, 6.07) is 12.7. The molecule has 186 valence electrons. The van der Waals surface area contributed by atoms with Gasteiger partial charge in [-0.05, 0) is 56.5 Å². The molecule has 3 aromatic rings. The first kappa shape index (κ1) is 24.8. The van der Waals surface area contributed by atoms with Crippen molar-refractivity contribution in [1.29, 1.82) is 0 Å². The molecule has 0 saturated heterocycles. The van der Waals surface area contributed by atoms with Gasteiger partial charge in [-0.25, -0.2) is 14.2 Å². The Hall–Kier alpha value is -3.35. The van der Waals surface area contributed by atoms with Crippen molar-refractivity contribution < 1.29 is 28.2 Å². The lowest BCUT2D eigenvalue weighted by Gasteiger charge is -2.26. The molecule has 1 N–H and O–H groups in total. The number of carboxylic acid groups (broad SMARTS) is 1. The molecule has 6 nitrogen and oxygen atoms in total. The van der Waals surface area contributed by atoms with E-state index in [1.54, 1.807) is 0 Å². The van der Waals surface area contributed by atoms with E-state index in [0.29, 0.717) is 24.7 Å². The maximum absolute atomic E-state index is 13.5. The molecule has 1 unspecified atom stereocenters. The highest BCUT2D eigenvalue weighted by molar-refractivity contribution is 5.78. The summed E-state index contributed by atoms with van der Waals surface area (Å²) in [6.07, 6.45) is 6.84. The fourth-order valence-corrected chi connectivity index (χ4v) is 4.51. The molecule has 0 bridgehead atoms. The average Bonchev–Trinajstić information content (AvgIpc) is 3.21. The number of benzene rings is 2. The maximum Gasteiger partial charge on any atom is 0.348 e. The van der Waals surface area contributed by atoms with E-state index in [-0.39, 0.29) is 12.2 Å². The molecule has 1 fully saturated rings. The summed E-state index contributed by atoms with van der Waals surface area (Å²) in [5, 5.41) is 9.75. The second-order valence-corrected chi connectivity index (χ2v) is 9.40. The molecule has 35 heavy (non-hydrogen) atoms. The molecule has 0 aliphatic heterocycles. The van der Waals surface area contributed by atoms with E-state index in [2.05, 4.69) is 0 Å². The molecule has 0 amide bonds. The van der Waals surface area contributed by atoms with Crippen LogP contribution >= 0.6 is 0 Å². The van der Waals surface area contributed by atoms with Crippen molar-refractivity contribution in [2.24, 2.45) is 0 Å². The first-order chi connectivity index (χ1) is 16.8. The predicted octanol–water partition coefficient (Wildman–Crippen LogP) is 6.26. The summed E-state index contributed by atoms with van der Waals surface area (Å²) in [7, 11) is 0. The Bertz CT molecular complexity index is 1140. The highest BCUT2D eigenvalue weighted by Gasteiger charge is 2.36. The van der Waals surface area contributed by atoms with E-state index >= 15 is 0 Å². The molecule has 1 heterocycles. The summed E-state index contributed by atoms with van der Waals surface area (Å²) in [6.45, 7) is 3.90. The van der Waals surface area contributed by atoms with Gasteiger partial charge >= 0.3 is 5.97 Å². The zero-order valence-electron chi connectivity index (χ0n) is 20.3. The number of hydrogen-bond acceptors (Lipinski definition) is 5. The number of nitrogens with zero attached hydrogens (tertiary/aromatic N) is 1. The highest BCUT2D eigenvalue weighted by atomic mass is 19.1. The first-order valence-corrected chi connectivity index (χ1v) is 12.2. The third kappa shape index (κ3) is 6.41. The Morgan fingerprint density at radius 2 is 1.89 bits per heavy atom. The van der Waals surface area contributed by atoms with Gasteiger partial charge in [0, 0.05) is 24.8 Å². The Balaban J connectivity index is 1.32. The van der Waals surface area contributed by atoms with E-state index < -0.39 is 17.4 Å². The average molecular weight is 482 g/mol. The summed E-state index contributed by atoms with van der Waals surface area (Å²) in [4.78, 5) is 16.7. The van der Waals surface area contributed by atoms with Gasteiger partial charge in [-0.15, -0.1) is 0 Å². The van der Waals surface area contributed by atoms with Crippen molar-refractivity contribution in [2.45, 2.75) is 70.3 Å². The van der Waals surface area contributed by atoms with Crippen molar-refractivity contribution in [3.8, 4) is 11.5 Å². The van der Waals surface area contributed by atoms with Gasteiger partial charge < -0.3 is 19.0 Å². The lowest BCUT2D eigenvalue weighted by Crippen LogP contribution is -2.43. The smallest absolute Gasteiger partial charge is 0.348 e. The monoisotopic (exact) mass is 481 g/mol. The molecule has 1 aliphatic carbocycles. The summed E-state index contributed by atoms with van der Waals surface area (Å²) < 4.78 is 31.0. The van der Waals surface area contributed by atoms with E-state index in [4.69, 9.17) is 18.9 Å². The molecule has 0 radical (unpaired) electrons. The molecule has 1 aliphatic rings. The van der Waals surface area contributed by atoms with Gasteiger partial charge in [0.25, 0.3) is 0 Å². The molecule has 4 rings (SSSR count). The molecule has 7 heteroatoms. The van der Waals surface area contributed by atoms with Gasteiger partial charge in [0.2, 0.25) is 5.60 Å². The van der Waals surface area contributed by atoms with E-state index in [1.807, 2.05) is 31.2 Å². The summed E-state index contributed by atoms with van der Waals surface area (Å²) in [5.74, 6) is 1.40. The summed E-state index contributed by atoms with van der Waals surface area (Å²) in [5.41, 5.74) is 0.161. The molecule has 1 atom stereocenters. The van der Waals surface area contributed by atoms with Crippen LogP contribution in [-0.4, -0.2) is 28.3 Å². The van der Waals surface area contributed by atoms with Gasteiger partial charge in [-0.3, -0.25) is 0 Å². The van der Waals surface area contributed by atoms with E-state index in [9.17, 15) is 14.3 Å². The van der Waals surface area contributed by atoms with Gasteiger partial charge in [0.05, 0.1) is 12.3 Å². The molecule has 2 aromatic carbocycles. The molecular formula is C28H32FNO5. The minimum absolute atomic E-state index is 0.112. The quantitative estimate of drug-likeness (QED) is 0.368. The standard InChI is InChI=1S/C28H32FNO5/c1-19-25(30-26(34-19)21-7-4-3-5-8-21)15-16-33-23-13-11-20(12-14-23)18-28(2,27(31)32)35-24-10-6-9-22(29)17-24/h6,9-14,17,21H,3-5,7-8,15-16,18H2,1-2H3,(H,31,32). The van der Waals surface area contributed by atoms with Crippen molar-refractivity contribution in [2.75, 3.05) is 6.61 Å². The number of carboxylic acids is 1. The van der Waals surface area contributed by atoms with Crippen LogP contribution in [0.25, 0.3) is 0 Å². The van der Waals surface area contributed by atoms with Crippen molar-refractivity contribution >= 4 is 5.97 Å². The van der Waals surface area contributed by atoms with Crippen LogP contribution in [-0.2, 0) is 17.6 Å².